The zero-order valence-corrected chi connectivity index (χ0v) is 27.6. The van der Waals surface area contributed by atoms with Crippen LogP contribution in [0.3, 0.4) is 0 Å². The van der Waals surface area contributed by atoms with Crippen LogP contribution in [0.2, 0.25) is 0 Å². The van der Waals surface area contributed by atoms with Gasteiger partial charge in [0.1, 0.15) is 16.7 Å². The number of ether oxygens (including phenoxy) is 1. The molecule has 5 aromatic carbocycles. The molecule has 1 heterocycles. The molecule has 0 saturated heterocycles. The first-order chi connectivity index (χ1) is 23.0. The van der Waals surface area contributed by atoms with Gasteiger partial charge in [-0.25, -0.2) is 4.98 Å². The standard InChI is InChI=1S/C41H39N3O4/c1-39(2,3)48-37(45)26-40(47,35-23-22-29-24-31(38(46)42-4)21-20-30(29)25-35)36-27-44(28-43-36)41(32-14-8-5-9-15-32,33-16-10-6-11-17-33)34-18-12-7-13-19-34/h5-25,27-28,47H,26H2,1-4H3,(H,42,46)/t40-/m0/s1. The van der Waals surface area contributed by atoms with Crippen molar-refractivity contribution in [3.63, 3.8) is 0 Å². The molecule has 1 amide bonds. The highest BCUT2D eigenvalue weighted by Gasteiger charge is 2.42. The van der Waals surface area contributed by atoms with E-state index in [0.29, 0.717) is 16.8 Å². The lowest BCUT2D eigenvalue weighted by molar-refractivity contribution is -0.159. The number of nitrogens with one attached hydrogen (secondary N) is 1. The van der Waals surface area contributed by atoms with Crippen molar-refractivity contribution in [3.05, 3.63) is 173 Å². The van der Waals surface area contributed by atoms with Crippen LogP contribution >= 0.6 is 0 Å². The summed E-state index contributed by atoms with van der Waals surface area (Å²) in [5.41, 5.74) is 0.836. The molecular weight excluding hydrogens is 598 g/mol. The van der Waals surface area contributed by atoms with E-state index in [4.69, 9.17) is 9.72 Å². The summed E-state index contributed by atoms with van der Waals surface area (Å²) in [6.45, 7) is 5.39. The number of aliphatic hydroxyl groups is 1. The van der Waals surface area contributed by atoms with Gasteiger partial charge >= 0.3 is 5.97 Å². The monoisotopic (exact) mass is 637 g/mol. The van der Waals surface area contributed by atoms with Gasteiger partial charge < -0.3 is 19.7 Å². The van der Waals surface area contributed by atoms with E-state index >= 15 is 0 Å². The number of carbonyl (C=O) groups is 2. The number of nitrogens with zero attached hydrogens (tertiary/aromatic N) is 2. The molecule has 0 spiro atoms. The number of rotatable bonds is 9. The lowest BCUT2D eigenvalue weighted by Gasteiger charge is -2.37. The molecule has 48 heavy (non-hydrogen) atoms. The Labute approximate surface area is 280 Å². The van der Waals surface area contributed by atoms with Crippen LogP contribution in [-0.2, 0) is 20.7 Å². The molecule has 0 bridgehead atoms. The van der Waals surface area contributed by atoms with Crippen LogP contribution in [0.15, 0.2) is 140 Å². The minimum absolute atomic E-state index is 0.188. The Morgan fingerprint density at radius 1 is 0.729 bits per heavy atom. The fourth-order valence-corrected chi connectivity index (χ4v) is 6.42. The smallest absolute Gasteiger partial charge is 0.310 e. The van der Waals surface area contributed by atoms with Crippen LogP contribution in [-0.4, -0.2) is 39.2 Å². The molecule has 0 aliphatic rings. The number of aromatic nitrogens is 2. The van der Waals surface area contributed by atoms with Crippen molar-refractivity contribution in [1.29, 1.82) is 0 Å². The van der Waals surface area contributed by atoms with E-state index in [1.807, 2.05) is 83.6 Å². The second kappa shape index (κ2) is 12.9. The Bertz CT molecular complexity index is 1950. The quantitative estimate of drug-likeness (QED) is 0.129. The zero-order valence-electron chi connectivity index (χ0n) is 27.6. The van der Waals surface area contributed by atoms with Crippen LogP contribution < -0.4 is 5.32 Å². The van der Waals surface area contributed by atoms with E-state index in [9.17, 15) is 14.7 Å². The molecule has 2 N–H and O–H groups in total. The Balaban J connectivity index is 1.56. The molecule has 0 fully saturated rings. The maximum atomic E-state index is 13.4. The van der Waals surface area contributed by atoms with Crippen molar-refractivity contribution in [3.8, 4) is 0 Å². The third-order valence-electron chi connectivity index (χ3n) is 8.60. The SMILES string of the molecule is CNC(=O)c1ccc2cc([C@@](O)(CC(=O)OC(C)(C)C)c3cn(C(c4ccccc4)(c4ccccc4)c4ccccc4)cn3)ccc2c1. The molecule has 6 rings (SSSR count). The maximum Gasteiger partial charge on any atom is 0.310 e. The molecule has 0 aliphatic heterocycles. The highest BCUT2D eigenvalue weighted by atomic mass is 16.6. The highest BCUT2D eigenvalue weighted by Crippen LogP contribution is 2.43. The molecule has 0 aliphatic carbocycles. The fourth-order valence-electron chi connectivity index (χ4n) is 6.42. The fraction of sp³-hybridized carbons (Fsp3) is 0.195. The van der Waals surface area contributed by atoms with Crippen LogP contribution in [0.25, 0.3) is 10.8 Å². The van der Waals surface area contributed by atoms with E-state index in [-0.39, 0.29) is 12.3 Å². The Hall–Kier alpha value is -5.53. The summed E-state index contributed by atoms with van der Waals surface area (Å²) in [7, 11) is 1.59. The minimum atomic E-state index is -1.85. The van der Waals surface area contributed by atoms with Crippen molar-refractivity contribution in [2.45, 2.75) is 43.9 Å². The molecule has 242 valence electrons. The van der Waals surface area contributed by atoms with Crippen LogP contribution in [0, 0.1) is 0 Å². The molecule has 6 aromatic rings. The van der Waals surface area contributed by atoms with E-state index in [1.54, 1.807) is 52.3 Å². The first kappa shape index (κ1) is 32.4. The van der Waals surface area contributed by atoms with Crippen LogP contribution in [0.1, 0.15) is 65.5 Å². The second-order valence-corrected chi connectivity index (χ2v) is 13.0. The van der Waals surface area contributed by atoms with Gasteiger partial charge in [0.2, 0.25) is 0 Å². The second-order valence-electron chi connectivity index (χ2n) is 13.0. The highest BCUT2D eigenvalue weighted by molar-refractivity contribution is 5.98. The van der Waals surface area contributed by atoms with Crippen LogP contribution in [0.4, 0.5) is 0 Å². The van der Waals surface area contributed by atoms with Gasteiger partial charge in [0.25, 0.3) is 5.91 Å². The van der Waals surface area contributed by atoms with Gasteiger partial charge in [-0.1, -0.05) is 109 Å². The predicted molar refractivity (Wildman–Crippen MR) is 188 cm³/mol. The van der Waals surface area contributed by atoms with Gasteiger partial charge in [0.05, 0.1) is 18.4 Å². The number of benzene rings is 5. The Morgan fingerprint density at radius 3 is 1.77 bits per heavy atom. The zero-order chi connectivity index (χ0) is 33.9. The van der Waals surface area contributed by atoms with Crippen molar-refractivity contribution >= 4 is 22.6 Å². The molecule has 0 radical (unpaired) electrons. The van der Waals surface area contributed by atoms with Gasteiger partial charge in [-0.05, 0) is 72.0 Å². The third-order valence-corrected chi connectivity index (χ3v) is 8.60. The van der Waals surface area contributed by atoms with Crippen molar-refractivity contribution < 1.29 is 19.4 Å². The van der Waals surface area contributed by atoms with Gasteiger partial charge in [0.15, 0.2) is 0 Å². The molecule has 0 unspecified atom stereocenters. The van der Waals surface area contributed by atoms with Crippen LogP contribution in [0.5, 0.6) is 0 Å². The average Bonchev–Trinajstić information content (AvgIpc) is 3.60. The van der Waals surface area contributed by atoms with Crippen molar-refractivity contribution in [1.82, 2.24) is 14.9 Å². The lowest BCUT2D eigenvalue weighted by atomic mass is 9.76. The summed E-state index contributed by atoms with van der Waals surface area (Å²) in [6.07, 6.45) is 3.19. The topological polar surface area (TPSA) is 93.5 Å². The number of fused-ring (bicyclic) bond motifs is 1. The lowest BCUT2D eigenvalue weighted by Crippen LogP contribution is -2.37. The van der Waals surface area contributed by atoms with E-state index in [2.05, 4.69) is 41.7 Å². The van der Waals surface area contributed by atoms with E-state index in [0.717, 1.165) is 27.5 Å². The van der Waals surface area contributed by atoms with E-state index < -0.39 is 22.7 Å². The average molecular weight is 638 g/mol. The largest absolute Gasteiger partial charge is 0.460 e. The molecule has 0 saturated carbocycles. The first-order valence-corrected chi connectivity index (χ1v) is 16.0. The molecule has 7 heteroatoms. The number of hydrogen-bond acceptors (Lipinski definition) is 5. The predicted octanol–water partition coefficient (Wildman–Crippen LogP) is 7.20. The maximum absolute atomic E-state index is 13.4. The summed E-state index contributed by atoms with van der Waals surface area (Å²) in [5, 5.41) is 17.0. The summed E-state index contributed by atoms with van der Waals surface area (Å²) in [5.74, 6) is -0.748. The third kappa shape index (κ3) is 6.12. The number of carbonyl (C=O) groups excluding carboxylic acids is 2. The van der Waals surface area contributed by atoms with Crippen molar-refractivity contribution in [2.75, 3.05) is 7.05 Å². The number of hydrogen-bond donors (Lipinski definition) is 2. The molecular formula is C41H39N3O4. The van der Waals surface area contributed by atoms with Gasteiger partial charge in [-0.3, -0.25) is 9.59 Å². The summed E-state index contributed by atoms with van der Waals surface area (Å²) in [6, 6.07) is 41.4. The first-order valence-electron chi connectivity index (χ1n) is 16.0. The summed E-state index contributed by atoms with van der Waals surface area (Å²) < 4.78 is 7.74. The normalized spacial score (nSPS) is 13.1. The van der Waals surface area contributed by atoms with Gasteiger partial charge in [-0.2, -0.15) is 0 Å². The summed E-state index contributed by atoms with van der Waals surface area (Å²) >= 11 is 0. The molecule has 1 aromatic heterocycles. The molecule has 7 nitrogen and oxygen atoms in total. The number of amides is 1. The Morgan fingerprint density at radius 2 is 1.25 bits per heavy atom. The molecule has 1 atom stereocenters. The van der Waals surface area contributed by atoms with Crippen molar-refractivity contribution in [2.24, 2.45) is 0 Å². The minimum Gasteiger partial charge on any atom is -0.460 e. The van der Waals surface area contributed by atoms with Gasteiger partial charge in [-0.15, -0.1) is 0 Å². The van der Waals surface area contributed by atoms with E-state index in [1.165, 1.54) is 0 Å². The summed E-state index contributed by atoms with van der Waals surface area (Å²) in [4.78, 5) is 30.6. The Kier molecular flexibility index (Phi) is 8.73. The van der Waals surface area contributed by atoms with Gasteiger partial charge in [0, 0.05) is 18.8 Å². The number of imidazole rings is 1. The number of esters is 1.